The number of nitrogens with one attached hydrogen (secondary N) is 3. The van der Waals surface area contributed by atoms with Crippen LogP contribution >= 0.6 is 0 Å². The molecule has 30 heavy (non-hydrogen) atoms. The fraction of sp³-hybridized carbons (Fsp3) is 0.300. The largest absolute Gasteiger partial charge is 0.467 e. The van der Waals surface area contributed by atoms with Crippen molar-refractivity contribution in [2.75, 3.05) is 11.9 Å². The van der Waals surface area contributed by atoms with Crippen LogP contribution in [-0.2, 0) is 25.7 Å². The summed E-state index contributed by atoms with van der Waals surface area (Å²) in [5.74, 6) is -1.29. The molecule has 0 spiro atoms. The molecule has 3 heterocycles. The molecule has 0 radical (unpaired) electrons. The molecule has 2 atom stereocenters. The van der Waals surface area contributed by atoms with Gasteiger partial charge in [0.15, 0.2) is 6.10 Å². The number of aromatic nitrogens is 2. The number of hydrogen-bond acceptors (Lipinski definition) is 6. The summed E-state index contributed by atoms with van der Waals surface area (Å²) in [5.41, 5.74) is 1.26. The second-order valence-corrected chi connectivity index (χ2v) is 7.16. The first-order chi connectivity index (χ1) is 14.4. The number of nitrogens with zero attached hydrogens (tertiary/aromatic N) is 1. The molecule has 1 aromatic carbocycles. The average Bonchev–Trinajstić information content (AvgIpc) is 3.42. The van der Waals surface area contributed by atoms with Gasteiger partial charge in [0.25, 0.3) is 5.91 Å². The van der Waals surface area contributed by atoms with Gasteiger partial charge in [0.2, 0.25) is 5.91 Å². The molecule has 10 heteroatoms. The number of amides is 2. The van der Waals surface area contributed by atoms with Crippen molar-refractivity contribution in [2.24, 2.45) is 5.92 Å². The predicted molar refractivity (Wildman–Crippen MR) is 105 cm³/mol. The van der Waals surface area contributed by atoms with Crippen LogP contribution in [0.5, 0.6) is 0 Å². The van der Waals surface area contributed by atoms with E-state index < -0.39 is 23.9 Å². The van der Waals surface area contributed by atoms with Crippen molar-refractivity contribution in [3.63, 3.8) is 0 Å². The van der Waals surface area contributed by atoms with Gasteiger partial charge in [0.1, 0.15) is 5.76 Å². The van der Waals surface area contributed by atoms with E-state index in [0.29, 0.717) is 22.5 Å². The Bertz CT molecular complexity index is 1150. The molecule has 0 saturated carbocycles. The number of fused-ring (bicyclic) bond motifs is 1. The molecule has 0 aliphatic carbocycles. The number of carbonyl (C=O) groups is 3. The summed E-state index contributed by atoms with van der Waals surface area (Å²) in [6.45, 7) is 1.96. The first-order valence-corrected chi connectivity index (χ1v) is 9.42. The van der Waals surface area contributed by atoms with Crippen LogP contribution in [0, 0.1) is 5.92 Å². The number of rotatable bonds is 6. The molecule has 10 nitrogen and oxygen atoms in total. The van der Waals surface area contributed by atoms with Crippen LogP contribution in [0.25, 0.3) is 11.0 Å². The van der Waals surface area contributed by atoms with E-state index in [1.165, 1.54) is 18.1 Å². The van der Waals surface area contributed by atoms with Crippen LogP contribution in [0.3, 0.4) is 0 Å². The lowest BCUT2D eigenvalue weighted by Gasteiger charge is -2.17. The topological polar surface area (TPSA) is 138 Å². The number of likely N-dealkylation sites (tertiary alicyclic amines) is 1. The number of furan rings is 1. The zero-order valence-corrected chi connectivity index (χ0v) is 16.1. The zero-order valence-electron chi connectivity index (χ0n) is 16.1. The third-order valence-corrected chi connectivity index (χ3v) is 4.92. The van der Waals surface area contributed by atoms with Gasteiger partial charge < -0.3 is 29.3 Å². The fourth-order valence-electron chi connectivity index (χ4n) is 3.35. The zero-order chi connectivity index (χ0) is 21.3. The van der Waals surface area contributed by atoms with Crippen molar-refractivity contribution < 1.29 is 23.5 Å². The van der Waals surface area contributed by atoms with E-state index in [9.17, 15) is 19.2 Å². The summed E-state index contributed by atoms with van der Waals surface area (Å²) in [6.07, 6.45) is 0.506. The number of H-pyrrole nitrogens is 2. The van der Waals surface area contributed by atoms with Gasteiger partial charge in [-0.05, 0) is 37.3 Å². The van der Waals surface area contributed by atoms with Crippen LogP contribution in [-0.4, -0.2) is 45.3 Å². The second kappa shape index (κ2) is 7.90. The lowest BCUT2D eigenvalue weighted by atomic mass is 10.1. The third kappa shape index (κ3) is 4.12. The first kappa shape index (κ1) is 19.5. The van der Waals surface area contributed by atoms with Crippen LogP contribution < -0.4 is 11.0 Å². The maximum absolute atomic E-state index is 12.4. The van der Waals surface area contributed by atoms with Gasteiger partial charge in [0, 0.05) is 18.7 Å². The van der Waals surface area contributed by atoms with Gasteiger partial charge in [-0.1, -0.05) is 0 Å². The Morgan fingerprint density at radius 3 is 2.83 bits per heavy atom. The minimum Gasteiger partial charge on any atom is -0.467 e. The second-order valence-electron chi connectivity index (χ2n) is 7.16. The van der Waals surface area contributed by atoms with Crippen LogP contribution in [0.4, 0.5) is 5.69 Å². The number of hydrogen-bond donors (Lipinski definition) is 3. The molecule has 2 aromatic heterocycles. The van der Waals surface area contributed by atoms with Gasteiger partial charge in [0.05, 0.1) is 29.8 Å². The van der Waals surface area contributed by atoms with E-state index in [1.54, 1.807) is 30.3 Å². The molecule has 3 aromatic rings. The van der Waals surface area contributed by atoms with Crippen LogP contribution in [0.2, 0.25) is 0 Å². The Hall–Kier alpha value is -3.82. The number of carbonyl (C=O) groups excluding carboxylic acids is 3. The highest BCUT2D eigenvalue weighted by molar-refractivity contribution is 5.97. The van der Waals surface area contributed by atoms with Crippen molar-refractivity contribution in [3.05, 3.63) is 52.8 Å². The standard InChI is InChI=1S/C20H20N4O6/c1-11(18(26)21-13-4-5-15-16(8-13)23-20(28)22-15)30-19(27)12-7-17(25)24(9-12)10-14-3-2-6-29-14/h2-6,8,11-12H,7,9-10H2,1H3,(H,21,26)(H2,22,23,28)/t11-,12-/m0/s1. The van der Waals surface area contributed by atoms with Gasteiger partial charge >= 0.3 is 11.7 Å². The Kier molecular flexibility index (Phi) is 5.13. The molecule has 0 unspecified atom stereocenters. The SMILES string of the molecule is C[C@H](OC(=O)[C@H]1CC(=O)N(Cc2ccco2)C1)C(=O)Nc1ccc2[nH]c(=O)[nH]c2c1. The maximum Gasteiger partial charge on any atom is 0.323 e. The van der Waals surface area contributed by atoms with Crippen LogP contribution in [0.15, 0.2) is 45.8 Å². The van der Waals surface area contributed by atoms with Crippen molar-refractivity contribution in [1.82, 2.24) is 14.9 Å². The monoisotopic (exact) mass is 412 g/mol. The Labute approximate surface area is 170 Å². The third-order valence-electron chi connectivity index (χ3n) is 4.92. The van der Waals surface area contributed by atoms with Crippen molar-refractivity contribution in [3.8, 4) is 0 Å². The molecule has 1 aliphatic heterocycles. The summed E-state index contributed by atoms with van der Waals surface area (Å²) in [5, 5.41) is 2.64. The lowest BCUT2D eigenvalue weighted by molar-refractivity contribution is -0.157. The van der Waals surface area contributed by atoms with Crippen LogP contribution in [0.1, 0.15) is 19.1 Å². The van der Waals surface area contributed by atoms with E-state index in [-0.39, 0.29) is 31.1 Å². The normalized spacial score (nSPS) is 17.3. The number of anilines is 1. The summed E-state index contributed by atoms with van der Waals surface area (Å²) in [7, 11) is 0. The molecule has 3 N–H and O–H groups in total. The quantitative estimate of drug-likeness (QED) is 0.523. The minimum absolute atomic E-state index is 0.0331. The first-order valence-electron chi connectivity index (χ1n) is 9.42. The summed E-state index contributed by atoms with van der Waals surface area (Å²) in [6, 6.07) is 8.36. The number of esters is 1. The van der Waals surface area contributed by atoms with Gasteiger partial charge in [-0.25, -0.2) is 4.79 Å². The molecule has 4 rings (SSSR count). The Morgan fingerprint density at radius 2 is 2.07 bits per heavy atom. The minimum atomic E-state index is -1.05. The van der Waals surface area contributed by atoms with E-state index in [0.717, 1.165) is 0 Å². The molecular weight excluding hydrogens is 392 g/mol. The van der Waals surface area contributed by atoms with E-state index in [4.69, 9.17) is 9.15 Å². The molecule has 1 saturated heterocycles. The number of aromatic amines is 2. The fourth-order valence-corrected chi connectivity index (χ4v) is 3.35. The highest BCUT2D eigenvalue weighted by atomic mass is 16.5. The highest BCUT2D eigenvalue weighted by Crippen LogP contribution is 2.22. The molecule has 1 fully saturated rings. The Balaban J connectivity index is 1.32. The van der Waals surface area contributed by atoms with Gasteiger partial charge in [-0.3, -0.25) is 14.4 Å². The smallest absolute Gasteiger partial charge is 0.323 e. The Morgan fingerprint density at radius 1 is 1.27 bits per heavy atom. The predicted octanol–water partition coefficient (Wildman–Crippen LogP) is 1.37. The number of benzene rings is 1. The number of imidazole rings is 1. The van der Waals surface area contributed by atoms with E-state index >= 15 is 0 Å². The van der Waals surface area contributed by atoms with Crippen molar-refractivity contribution in [2.45, 2.75) is 26.0 Å². The van der Waals surface area contributed by atoms with E-state index in [1.807, 2.05) is 0 Å². The molecular formula is C20H20N4O6. The van der Waals surface area contributed by atoms with Crippen molar-refractivity contribution >= 4 is 34.5 Å². The van der Waals surface area contributed by atoms with E-state index in [2.05, 4.69) is 15.3 Å². The lowest BCUT2D eigenvalue weighted by Crippen LogP contribution is -2.33. The molecule has 2 amide bonds. The average molecular weight is 412 g/mol. The maximum atomic E-state index is 12.4. The number of ether oxygens (including phenoxy) is 1. The summed E-state index contributed by atoms with van der Waals surface area (Å²) >= 11 is 0. The molecule has 156 valence electrons. The summed E-state index contributed by atoms with van der Waals surface area (Å²) in [4.78, 5) is 55.0. The summed E-state index contributed by atoms with van der Waals surface area (Å²) < 4.78 is 10.5. The van der Waals surface area contributed by atoms with Gasteiger partial charge in [-0.15, -0.1) is 0 Å². The highest BCUT2D eigenvalue weighted by Gasteiger charge is 2.36. The van der Waals surface area contributed by atoms with Crippen molar-refractivity contribution in [1.29, 1.82) is 0 Å². The van der Waals surface area contributed by atoms with Gasteiger partial charge in [-0.2, -0.15) is 0 Å². The molecule has 0 bridgehead atoms. The molecule has 1 aliphatic rings.